The average molecular weight is 274 g/mol. The van der Waals surface area contributed by atoms with E-state index in [0.29, 0.717) is 5.92 Å². The molecule has 1 aliphatic rings. The highest BCUT2D eigenvalue weighted by atomic mass is 35.7. The highest BCUT2D eigenvalue weighted by Gasteiger charge is 2.16. The summed E-state index contributed by atoms with van der Waals surface area (Å²) in [6.07, 6.45) is 2.22. The Morgan fingerprint density at radius 1 is 1.29 bits per heavy atom. The van der Waals surface area contributed by atoms with Gasteiger partial charge in [0.15, 0.2) is 0 Å². The molecule has 1 fully saturated rings. The first-order valence-electron chi connectivity index (χ1n) is 5.76. The molecule has 3 nitrogen and oxygen atoms in total. The third kappa shape index (κ3) is 3.98. The molecule has 1 heterocycles. The number of benzene rings is 1. The fraction of sp³-hybridized carbons (Fsp3) is 0.500. The van der Waals surface area contributed by atoms with Gasteiger partial charge in [0.05, 0.1) is 5.75 Å². The van der Waals surface area contributed by atoms with Gasteiger partial charge in [-0.2, -0.15) is 0 Å². The van der Waals surface area contributed by atoms with Crippen LogP contribution in [0.3, 0.4) is 0 Å². The van der Waals surface area contributed by atoms with Crippen LogP contribution in [-0.2, 0) is 14.8 Å². The van der Waals surface area contributed by atoms with E-state index < -0.39 is 9.05 Å². The maximum Gasteiger partial charge on any atom is 0.236 e. The molecule has 0 spiro atoms. The maximum absolute atomic E-state index is 11.0. The van der Waals surface area contributed by atoms with Crippen LogP contribution in [0.2, 0.25) is 0 Å². The van der Waals surface area contributed by atoms with Gasteiger partial charge in [-0.25, -0.2) is 8.42 Å². The quantitative estimate of drug-likeness (QED) is 0.859. The van der Waals surface area contributed by atoms with Crippen molar-refractivity contribution < 1.29 is 8.42 Å². The van der Waals surface area contributed by atoms with E-state index in [1.807, 2.05) is 18.2 Å². The van der Waals surface area contributed by atoms with E-state index in [4.69, 9.17) is 10.7 Å². The molecule has 17 heavy (non-hydrogen) atoms. The average Bonchev–Trinajstić information content (AvgIpc) is 2.28. The van der Waals surface area contributed by atoms with Gasteiger partial charge in [-0.05, 0) is 43.0 Å². The summed E-state index contributed by atoms with van der Waals surface area (Å²) in [5, 5.41) is 3.32. The van der Waals surface area contributed by atoms with E-state index in [-0.39, 0.29) is 5.75 Å². The molecule has 1 saturated heterocycles. The van der Waals surface area contributed by atoms with Gasteiger partial charge in [0, 0.05) is 10.7 Å². The zero-order chi connectivity index (χ0) is 12.3. The molecule has 0 radical (unpaired) electrons. The predicted molar refractivity (Wildman–Crippen MR) is 69.8 cm³/mol. The Balaban J connectivity index is 2.16. The first-order chi connectivity index (χ1) is 8.04. The van der Waals surface area contributed by atoms with Crippen LogP contribution < -0.4 is 5.32 Å². The molecule has 1 aromatic rings. The molecule has 0 amide bonds. The number of nitrogens with one attached hydrogen (secondary N) is 1. The van der Waals surface area contributed by atoms with Crippen LogP contribution >= 0.6 is 10.7 Å². The van der Waals surface area contributed by atoms with E-state index in [1.165, 1.54) is 5.56 Å². The lowest BCUT2D eigenvalue weighted by atomic mass is 9.89. The summed E-state index contributed by atoms with van der Waals surface area (Å²) in [5.74, 6) is 0.446. The smallest absolute Gasteiger partial charge is 0.236 e. The van der Waals surface area contributed by atoms with Crippen LogP contribution in [0.4, 0.5) is 0 Å². The number of hydrogen-bond acceptors (Lipinski definition) is 3. The van der Waals surface area contributed by atoms with Gasteiger partial charge in [-0.3, -0.25) is 0 Å². The summed E-state index contributed by atoms with van der Waals surface area (Å²) in [6, 6.07) is 7.76. The Morgan fingerprint density at radius 2 is 2.00 bits per heavy atom. The van der Waals surface area contributed by atoms with Crippen LogP contribution in [0.25, 0.3) is 0 Å². The molecular formula is C12H16ClNO2S. The molecule has 2 rings (SSSR count). The van der Waals surface area contributed by atoms with E-state index >= 15 is 0 Å². The van der Waals surface area contributed by atoms with Crippen molar-refractivity contribution in [2.24, 2.45) is 0 Å². The molecule has 0 saturated carbocycles. The van der Waals surface area contributed by atoms with Crippen LogP contribution in [0.15, 0.2) is 24.3 Å². The lowest BCUT2D eigenvalue weighted by molar-refractivity contribution is 0.460. The standard InChI is InChI=1S/C12H16ClNO2S/c13-17(15,16)9-10-2-1-3-12(8-10)11-4-6-14-7-5-11/h1-3,8,11,14H,4-7,9H2. The van der Waals surface area contributed by atoms with Crippen molar-refractivity contribution >= 4 is 19.7 Å². The van der Waals surface area contributed by atoms with Crippen molar-refractivity contribution in [2.75, 3.05) is 13.1 Å². The number of halogens is 1. The minimum absolute atomic E-state index is 0.0899. The number of rotatable bonds is 3. The fourth-order valence-corrected chi connectivity index (χ4v) is 3.25. The third-order valence-corrected chi connectivity index (χ3v) is 4.11. The summed E-state index contributed by atoms with van der Waals surface area (Å²) in [5.41, 5.74) is 2.00. The molecule has 0 aliphatic carbocycles. The van der Waals surface area contributed by atoms with Crippen LogP contribution in [-0.4, -0.2) is 21.5 Å². The van der Waals surface area contributed by atoms with E-state index in [2.05, 4.69) is 11.4 Å². The zero-order valence-corrected chi connectivity index (χ0v) is 11.1. The summed E-state index contributed by atoms with van der Waals surface area (Å²) in [4.78, 5) is 0. The highest BCUT2D eigenvalue weighted by Crippen LogP contribution is 2.26. The largest absolute Gasteiger partial charge is 0.317 e. The third-order valence-electron chi connectivity index (χ3n) is 3.10. The normalized spacial score (nSPS) is 18.2. The SMILES string of the molecule is O=S(=O)(Cl)Cc1cccc(C2CCNCC2)c1. The van der Waals surface area contributed by atoms with Gasteiger partial charge >= 0.3 is 0 Å². The number of piperidine rings is 1. The topological polar surface area (TPSA) is 46.2 Å². The molecule has 0 bridgehead atoms. The summed E-state index contributed by atoms with van der Waals surface area (Å²) >= 11 is 0. The number of hydrogen-bond donors (Lipinski definition) is 1. The molecule has 5 heteroatoms. The zero-order valence-electron chi connectivity index (χ0n) is 9.52. The second-order valence-electron chi connectivity index (χ2n) is 4.45. The molecule has 0 aromatic heterocycles. The van der Waals surface area contributed by atoms with E-state index in [1.54, 1.807) is 0 Å². The second-order valence-corrected chi connectivity index (χ2v) is 7.23. The Labute approximate surface area is 107 Å². The molecule has 0 atom stereocenters. The van der Waals surface area contributed by atoms with Gasteiger partial charge in [-0.15, -0.1) is 0 Å². The van der Waals surface area contributed by atoms with Gasteiger partial charge in [0.2, 0.25) is 9.05 Å². The Morgan fingerprint density at radius 3 is 2.65 bits per heavy atom. The lowest BCUT2D eigenvalue weighted by Crippen LogP contribution is -2.26. The van der Waals surface area contributed by atoms with Crippen molar-refractivity contribution in [2.45, 2.75) is 24.5 Å². The summed E-state index contributed by atoms with van der Waals surface area (Å²) < 4.78 is 22.1. The van der Waals surface area contributed by atoms with Gasteiger partial charge < -0.3 is 5.32 Å². The van der Waals surface area contributed by atoms with Gasteiger partial charge in [-0.1, -0.05) is 24.3 Å². The second kappa shape index (κ2) is 5.38. The summed E-state index contributed by atoms with van der Waals surface area (Å²) in [7, 11) is 1.80. The van der Waals surface area contributed by atoms with Crippen molar-refractivity contribution in [3.05, 3.63) is 35.4 Å². The van der Waals surface area contributed by atoms with Crippen molar-refractivity contribution in [3.63, 3.8) is 0 Å². The molecule has 0 unspecified atom stereocenters. The lowest BCUT2D eigenvalue weighted by Gasteiger charge is -2.23. The maximum atomic E-state index is 11.0. The van der Waals surface area contributed by atoms with Crippen LogP contribution in [0.1, 0.15) is 29.9 Å². The van der Waals surface area contributed by atoms with Gasteiger partial charge in [0.25, 0.3) is 0 Å². The minimum atomic E-state index is -3.46. The Hall–Kier alpha value is -0.580. The molecule has 1 N–H and O–H groups in total. The van der Waals surface area contributed by atoms with Crippen molar-refractivity contribution in [1.29, 1.82) is 0 Å². The molecular weight excluding hydrogens is 258 g/mol. The van der Waals surface area contributed by atoms with Crippen molar-refractivity contribution in [1.82, 2.24) is 5.32 Å². The minimum Gasteiger partial charge on any atom is -0.317 e. The van der Waals surface area contributed by atoms with E-state index in [9.17, 15) is 8.42 Å². The van der Waals surface area contributed by atoms with Crippen LogP contribution in [0, 0.1) is 0 Å². The molecule has 94 valence electrons. The first-order valence-corrected chi connectivity index (χ1v) is 8.24. The monoisotopic (exact) mass is 273 g/mol. The van der Waals surface area contributed by atoms with Gasteiger partial charge in [0.1, 0.15) is 0 Å². The van der Waals surface area contributed by atoms with Crippen molar-refractivity contribution in [3.8, 4) is 0 Å². The fourth-order valence-electron chi connectivity index (χ4n) is 2.29. The Bertz CT molecular complexity index is 481. The Kier molecular flexibility index (Phi) is 4.07. The highest BCUT2D eigenvalue weighted by molar-refractivity contribution is 8.13. The van der Waals surface area contributed by atoms with E-state index in [0.717, 1.165) is 31.5 Å². The predicted octanol–water partition coefficient (Wildman–Crippen LogP) is 2.22. The molecule has 1 aliphatic heterocycles. The molecule has 1 aromatic carbocycles. The first kappa shape index (κ1) is 12.9. The van der Waals surface area contributed by atoms with Crippen LogP contribution in [0.5, 0.6) is 0 Å². The summed E-state index contributed by atoms with van der Waals surface area (Å²) in [6.45, 7) is 2.06.